The van der Waals surface area contributed by atoms with E-state index in [0.29, 0.717) is 10.7 Å². The van der Waals surface area contributed by atoms with Crippen LogP contribution in [0.1, 0.15) is 0 Å². The van der Waals surface area contributed by atoms with Gasteiger partial charge < -0.3 is 0 Å². The van der Waals surface area contributed by atoms with Gasteiger partial charge in [0, 0.05) is 22.0 Å². The van der Waals surface area contributed by atoms with Crippen LogP contribution < -0.4 is 4.72 Å². The quantitative estimate of drug-likeness (QED) is 0.515. The van der Waals surface area contributed by atoms with Gasteiger partial charge in [0.1, 0.15) is 0 Å². The van der Waals surface area contributed by atoms with Gasteiger partial charge in [0.2, 0.25) is 0 Å². The monoisotopic (exact) mass is 395 g/mol. The molecule has 0 saturated heterocycles. The highest BCUT2D eigenvalue weighted by Gasteiger charge is 2.26. The number of hydrogen-bond donors (Lipinski definition) is 1. The van der Waals surface area contributed by atoms with Gasteiger partial charge in [0.05, 0.1) is 10.6 Å². The first-order chi connectivity index (χ1) is 11.9. The Hall–Kier alpha value is -2.49. The summed E-state index contributed by atoms with van der Waals surface area (Å²) in [6.07, 6.45) is 0. The van der Waals surface area contributed by atoms with Crippen LogP contribution >= 0.6 is 22.9 Å². The molecule has 0 amide bonds. The predicted molar refractivity (Wildman–Crippen MR) is 96.5 cm³/mol. The SMILES string of the molecule is O=[N+]([O-])c1ccccc1S(=O)(=O)Nc1nc(-c2ccc(Cl)cc2)cs1. The van der Waals surface area contributed by atoms with Crippen molar-refractivity contribution >= 4 is 43.8 Å². The van der Waals surface area contributed by atoms with Crippen molar-refractivity contribution in [1.82, 2.24) is 4.98 Å². The topological polar surface area (TPSA) is 102 Å². The Bertz CT molecular complexity index is 1030. The van der Waals surface area contributed by atoms with E-state index in [1.54, 1.807) is 29.6 Å². The lowest BCUT2D eigenvalue weighted by Gasteiger charge is -2.05. The number of anilines is 1. The number of rotatable bonds is 5. The van der Waals surface area contributed by atoms with Crippen LogP contribution in [0.15, 0.2) is 58.8 Å². The summed E-state index contributed by atoms with van der Waals surface area (Å²) in [6.45, 7) is 0. The lowest BCUT2D eigenvalue weighted by molar-refractivity contribution is -0.387. The molecule has 1 aromatic heterocycles. The van der Waals surface area contributed by atoms with E-state index in [-0.39, 0.29) is 5.13 Å². The summed E-state index contributed by atoms with van der Waals surface area (Å²) in [5, 5.41) is 13.4. The highest BCUT2D eigenvalue weighted by atomic mass is 35.5. The third-order valence-electron chi connectivity index (χ3n) is 3.22. The van der Waals surface area contributed by atoms with Crippen molar-refractivity contribution in [2.24, 2.45) is 0 Å². The molecule has 0 aliphatic rings. The van der Waals surface area contributed by atoms with Crippen LogP contribution in [0.25, 0.3) is 11.3 Å². The summed E-state index contributed by atoms with van der Waals surface area (Å²) in [6, 6.07) is 12.1. The predicted octanol–water partition coefficient (Wildman–Crippen LogP) is 4.17. The largest absolute Gasteiger partial charge is 0.289 e. The van der Waals surface area contributed by atoms with Crippen LogP contribution in [-0.4, -0.2) is 18.3 Å². The van der Waals surface area contributed by atoms with Crippen molar-refractivity contribution < 1.29 is 13.3 Å². The molecule has 10 heteroatoms. The van der Waals surface area contributed by atoms with Crippen molar-refractivity contribution in [2.45, 2.75) is 4.90 Å². The van der Waals surface area contributed by atoms with Crippen LogP contribution in [-0.2, 0) is 10.0 Å². The zero-order chi connectivity index (χ0) is 18.0. The van der Waals surface area contributed by atoms with Crippen molar-refractivity contribution in [1.29, 1.82) is 0 Å². The van der Waals surface area contributed by atoms with E-state index in [2.05, 4.69) is 9.71 Å². The minimum absolute atomic E-state index is 0.114. The molecular formula is C15H10ClN3O4S2. The number of para-hydroxylation sites is 1. The average molecular weight is 396 g/mol. The van der Waals surface area contributed by atoms with Crippen LogP contribution in [0.2, 0.25) is 5.02 Å². The fourth-order valence-electron chi connectivity index (χ4n) is 2.08. The van der Waals surface area contributed by atoms with E-state index in [4.69, 9.17) is 11.6 Å². The zero-order valence-electron chi connectivity index (χ0n) is 12.4. The van der Waals surface area contributed by atoms with Gasteiger partial charge in [-0.25, -0.2) is 13.4 Å². The second-order valence-corrected chi connectivity index (χ2v) is 7.82. The maximum absolute atomic E-state index is 12.5. The summed E-state index contributed by atoms with van der Waals surface area (Å²) in [4.78, 5) is 14.1. The number of hydrogen-bond acceptors (Lipinski definition) is 6. The number of benzene rings is 2. The van der Waals surface area contributed by atoms with E-state index in [1.807, 2.05) is 0 Å². The lowest BCUT2D eigenvalue weighted by atomic mass is 10.2. The minimum Gasteiger partial charge on any atom is -0.258 e. The molecule has 3 aromatic rings. The minimum atomic E-state index is -4.13. The molecule has 0 unspecified atom stereocenters. The van der Waals surface area contributed by atoms with E-state index >= 15 is 0 Å². The third-order valence-corrected chi connectivity index (χ3v) is 5.74. The molecule has 0 spiro atoms. The highest BCUT2D eigenvalue weighted by Crippen LogP contribution is 2.29. The molecule has 25 heavy (non-hydrogen) atoms. The third kappa shape index (κ3) is 3.78. The average Bonchev–Trinajstić information content (AvgIpc) is 3.03. The summed E-state index contributed by atoms with van der Waals surface area (Å²) in [7, 11) is -4.13. The molecule has 0 saturated carbocycles. The van der Waals surface area contributed by atoms with Gasteiger partial charge in [-0.15, -0.1) is 11.3 Å². The molecule has 0 fully saturated rings. The standard InChI is InChI=1S/C15H10ClN3O4S2/c16-11-7-5-10(6-8-11)12-9-24-15(17-12)18-25(22,23)14-4-2-1-3-13(14)19(20)21/h1-9H,(H,17,18). The summed E-state index contributed by atoms with van der Waals surface area (Å²) < 4.78 is 27.2. The maximum atomic E-state index is 12.5. The fourth-order valence-corrected chi connectivity index (χ4v) is 4.35. The van der Waals surface area contributed by atoms with Crippen molar-refractivity contribution in [3.8, 4) is 11.3 Å². The van der Waals surface area contributed by atoms with Gasteiger partial charge >= 0.3 is 0 Å². The van der Waals surface area contributed by atoms with Crippen molar-refractivity contribution in [3.63, 3.8) is 0 Å². The van der Waals surface area contributed by atoms with Crippen LogP contribution in [0.4, 0.5) is 10.8 Å². The lowest BCUT2D eigenvalue weighted by Crippen LogP contribution is -2.14. The van der Waals surface area contributed by atoms with Crippen LogP contribution in [0, 0.1) is 10.1 Å². The smallest absolute Gasteiger partial charge is 0.258 e. The number of thiazole rings is 1. The molecule has 0 radical (unpaired) electrons. The van der Waals surface area contributed by atoms with Crippen molar-refractivity contribution in [3.05, 3.63) is 69.0 Å². The van der Waals surface area contributed by atoms with Gasteiger partial charge in [-0.2, -0.15) is 0 Å². The second kappa shape index (κ2) is 6.79. The Labute approximate surface area is 152 Å². The molecule has 0 aliphatic heterocycles. The molecule has 0 aliphatic carbocycles. The number of sulfonamides is 1. The van der Waals surface area contributed by atoms with Gasteiger partial charge in [-0.05, 0) is 18.2 Å². The fraction of sp³-hybridized carbons (Fsp3) is 0. The first-order valence-electron chi connectivity index (χ1n) is 6.84. The number of nitro benzene ring substituents is 1. The molecule has 1 N–H and O–H groups in total. The van der Waals surface area contributed by atoms with E-state index in [9.17, 15) is 18.5 Å². The molecule has 7 nitrogen and oxygen atoms in total. The molecule has 128 valence electrons. The maximum Gasteiger partial charge on any atom is 0.289 e. The first kappa shape index (κ1) is 17.3. The second-order valence-electron chi connectivity index (χ2n) is 4.88. The number of nitro groups is 1. The van der Waals surface area contributed by atoms with Crippen molar-refractivity contribution in [2.75, 3.05) is 4.72 Å². The van der Waals surface area contributed by atoms with Gasteiger partial charge in [0.15, 0.2) is 10.0 Å². The van der Waals surface area contributed by atoms with Gasteiger partial charge in [-0.1, -0.05) is 35.9 Å². The van der Waals surface area contributed by atoms with E-state index in [1.165, 1.54) is 18.2 Å². The molecular weight excluding hydrogens is 386 g/mol. The summed E-state index contributed by atoms with van der Waals surface area (Å²) >= 11 is 6.92. The number of aromatic nitrogens is 1. The van der Waals surface area contributed by atoms with Crippen LogP contribution in [0.5, 0.6) is 0 Å². The Morgan fingerprint density at radius 2 is 1.80 bits per heavy atom. The normalized spacial score (nSPS) is 11.2. The first-order valence-corrected chi connectivity index (χ1v) is 9.58. The highest BCUT2D eigenvalue weighted by molar-refractivity contribution is 7.93. The molecule has 0 atom stereocenters. The molecule has 3 rings (SSSR count). The summed E-state index contributed by atoms with van der Waals surface area (Å²) in [5.41, 5.74) is 0.850. The Morgan fingerprint density at radius 3 is 2.48 bits per heavy atom. The van der Waals surface area contributed by atoms with E-state index < -0.39 is 25.5 Å². The summed E-state index contributed by atoms with van der Waals surface area (Å²) in [5.74, 6) is 0. The Morgan fingerprint density at radius 1 is 1.12 bits per heavy atom. The Kier molecular flexibility index (Phi) is 4.71. The van der Waals surface area contributed by atoms with Crippen LogP contribution in [0.3, 0.4) is 0 Å². The van der Waals surface area contributed by atoms with E-state index in [0.717, 1.165) is 23.0 Å². The number of nitrogens with one attached hydrogen (secondary N) is 1. The van der Waals surface area contributed by atoms with Gasteiger partial charge in [0.25, 0.3) is 15.7 Å². The zero-order valence-corrected chi connectivity index (χ0v) is 14.8. The number of halogens is 1. The molecule has 1 heterocycles. The Balaban J connectivity index is 1.90. The van der Waals surface area contributed by atoms with Gasteiger partial charge in [-0.3, -0.25) is 14.8 Å². The molecule has 0 bridgehead atoms. The number of nitrogens with zero attached hydrogens (tertiary/aromatic N) is 2. The molecule has 2 aromatic carbocycles.